The first kappa shape index (κ1) is 16.4. The smallest absolute Gasteiger partial charge is 0.338 e. The van der Waals surface area contributed by atoms with E-state index in [4.69, 9.17) is 14.9 Å². The maximum absolute atomic E-state index is 11.4. The lowest BCUT2D eigenvalue weighted by Gasteiger charge is -2.08. The lowest BCUT2D eigenvalue weighted by molar-refractivity contribution is 0.00933. The average molecular weight is 255 g/mol. The van der Waals surface area contributed by atoms with Crippen molar-refractivity contribution < 1.29 is 19.7 Å². The van der Waals surface area contributed by atoms with Crippen molar-refractivity contribution in [3.63, 3.8) is 0 Å². The first-order valence-corrected chi connectivity index (χ1v) is 5.91. The number of aliphatic hydroxyl groups is 2. The molecule has 0 radical (unpaired) electrons. The van der Waals surface area contributed by atoms with Crippen LogP contribution in [0, 0.1) is 0 Å². The molecule has 0 bridgehead atoms. The Hall–Kier alpha value is -1.59. The van der Waals surface area contributed by atoms with Crippen molar-refractivity contribution in [3.8, 4) is 0 Å². The normalized spacial score (nSPS) is 10.9. The summed E-state index contributed by atoms with van der Waals surface area (Å²) in [5.41, 5.74) is 1.30. The summed E-state index contributed by atoms with van der Waals surface area (Å²) in [6.07, 6.45) is -1.03. The summed E-state index contributed by atoms with van der Waals surface area (Å²) in [5.74, 6) is -0.518. The molecule has 18 heavy (non-hydrogen) atoms. The van der Waals surface area contributed by atoms with Gasteiger partial charge in [0.15, 0.2) is 0 Å². The zero-order chi connectivity index (χ0) is 14.0. The van der Waals surface area contributed by atoms with E-state index in [0.29, 0.717) is 5.56 Å². The zero-order valence-electron chi connectivity index (χ0n) is 11.0. The van der Waals surface area contributed by atoms with Crippen LogP contribution in [0.2, 0.25) is 0 Å². The molecule has 0 fully saturated rings. The molecular weight excluding hydrogens is 234 g/mol. The van der Waals surface area contributed by atoms with Crippen LogP contribution < -0.4 is 5.32 Å². The Morgan fingerprint density at radius 1 is 1.33 bits per heavy atom. The molecule has 3 N–H and O–H groups in total. The first-order valence-electron chi connectivity index (χ1n) is 5.91. The summed E-state index contributed by atoms with van der Waals surface area (Å²) in [6, 6.07) is 6.75. The van der Waals surface area contributed by atoms with Crippen molar-refractivity contribution in [2.45, 2.75) is 20.0 Å². The number of carbonyl (C=O) groups excluding carboxylic acids is 1. The summed E-state index contributed by atoms with van der Waals surface area (Å²) >= 11 is 0. The molecule has 0 saturated carbocycles. The lowest BCUT2D eigenvalue weighted by atomic mass is 10.2. The Balaban J connectivity index is 0.00000137. The standard InChI is InChI=1S/C11H15NO4.C2H6/c1-12-9-4-2-8(3-5-9)11(15)16-7-10(14)6-13;1-2/h2-5,10,12-14H,6-7H2,1H3;1-2H3. The molecule has 1 rings (SSSR count). The van der Waals surface area contributed by atoms with E-state index in [2.05, 4.69) is 5.32 Å². The second-order valence-corrected chi connectivity index (χ2v) is 3.26. The van der Waals surface area contributed by atoms with Crippen LogP contribution in [0.25, 0.3) is 0 Å². The second kappa shape index (κ2) is 9.44. The second-order valence-electron chi connectivity index (χ2n) is 3.26. The highest BCUT2D eigenvalue weighted by Crippen LogP contribution is 2.09. The van der Waals surface area contributed by atoms with Crippen molar-refractivity contribution in [3.05, 3.63) is 29.8 Å². The monoisotopic (exact) mass is 255 g/mol. The SMILES string of the molecule is CC.CNc1ccc(C(=O)OCC(O)CO)cc1. The van der Waals surface area contributed by atoms with Crippen molar-refractivity contribution in [1.82, 2.24) is 0 Å². The van der Waals surface area contributed by atoms with E-state index in [0.717, 1.165) is 5.69 Å². The number of hydrogen-bond acceptors (Lipinski definition) is 5. The Bertz CT molecular complexity index is 337. The molecule has 5 heteroatoms. The summed E-state index contributed by atoms with van der Waals surface area (Å²) in [6.45, 7) is 3.37. The van der Waals surface area contributed by atoms with Gasteiger partial charge in [-0.1, -0.05) is 13.8 Å². The van der Waals surface area contributed by atoms with Gasteiger partial charge < -0.3 is 20.3 Å². The number of aliphatic hydroxyl groups excluding tert-OH is 2. The van der Waals surface area contributed by atoms with Crippen LogP contribution in [-0.2, 0) is 4.74 Å². The van der Waals surface area contributed by atoms with Gasteiger partial charge >= 0.3 is 5.97 Å². The van der Waals surface area contributed by atoms with Crippen molar-refractivity contribution in [1.29, 1.82) is 0 Å². The van der Waals surface area contributed by atoms with Gasteiger partial charge in [0.25, 0.3) is 0 Å². The van der Waals surface area contributed by atoms with Gasteiger partial charge in [0, 0.05) is 12.7 Å². The van der Waals surface area contributed by atoms with E-state index >= 15 is 0 Å². The third-order valence-electron chi connectivity index (χ3n) is 2.03. The molecule has 1 aromatic rings. The van der Waals surface area contributed by atoms with Gasteiger partial charge in [0.2, 0.25) is 0 Å². The minimum absolute atomic E-state index is 0.205. The van der Waals surface area contributed by atoms with Crippen LogP contribution in [0.1, 0.15) is 24.2 Å². The fourth-order valence-corrected chi connectivity index (χ4v) is 1.08. The summed E-state index contributed by atoms with van der Waals surface area (Å²) < 4.78 is 4.78. The van der Waals surface area contributed by atoms with Crippen molar-refractivity contribution in [2.24, 2.45) is 0 Å². The van der Waals surface area contributed by atoms with Crippen LogP contribution >= 0.6 is 0 Å². The number of rotatable bonds is 5. The fraction of sp³-hybridized carbons (Fsp3) is 0.462. The minimum atomic E-state index is -1.03. The number of benzene rings is 1. The Kier molecular flexibility index (Phi) is 8.61. The number of ether oxygens (including phenoxy) is 1. The average Bonchev–Trinajstić information content (AvgIpc) is 2.46. The third-order valence-corrected chi connectivity index (χ3v) is 2.03. The van der Waals surface area contributed by atoms with E-state index in [1.54, 1.807) is 31.3 Å². The largest absolute Gasteiger partial charge is 0.459 e. The van der Waals surface area contributed by atoms with E-state index in [9.17, 15) is 4.79 Å². The highest BCUT2D eigenvalue weighted by molar-refractivity contribution is 5.89. The number of carbonyl (C=O) groups is 1. The molecule has 102 valence electrons. The number of nitrogens with one attached hydrogen (secondary N) is 1. The molecular formula is C13H21NO4. The maximum atomic E-state index is 11.4. The number of anilines is 1. The molecule has 0 saturated heterocycles. The fourth-order valence-electron chi connectivity index (χ4n) is 1.08. The first-order chi connectivity index (χ1) is 8.67. The zero-order valence-corrected chi connectivity index (χ0v) is 11.0. The highest BCUT2D eigenvalue weighted by Gasteiger charge is 2.09. The quantitative estimate of drug-likeness (QED) is 0.690. The van der Waals surface area contributed by atoms with E-state index < -0.39 is 18.7 Å². The number of hydrogen-bond donors (Lipinski definition) is 3. The Morgan fingerprint density at radius 2 is 1.89 bits per heavy atom. The minimum Gasteiger partial charge on any atom is -0.459 e. The molecule has 0 aliphatic rings. The van der Waals surface area contributed by atoms with E-state index in [-0.39, 0.29) is 6.61 Å². The highest BCUT2D eigenvalue weighted by atomic mass is 16.5. The predicted octanol–water partition coefficient (Wildman–Crippen LogP) is 1.26. The molecule has 0 amide bonds. The van der Waals surface area contributed by atoms with Crippen LogP contribution in [0.3, 0.4) is 0 Å². The molecule has 1 unspecified atom stereocenters. The molecule has 1 aromatic carbocycles. The van der Waals surface area contributed by atoms with Gasteiger partial charge in [-0.25, -0.2) is 4.79 Å². The van der Waals surface area contributed by atoms with E-state index in [1.807, 2.05) is 13.8 Å². The van der Waals surface area contributed by atoms with Crippen LogP contribution in [0.4, 0.5) is 5.69 Å². The molecule has 0 heterocycles. The van der Waals surface area contributed by atoms with Gasteiger partial charge in [-0.05, 0) is 24.3 Å². The maximum Gasteiger partial charge on any atom is 0.338 e. The molecule has 0 aromatic heterocycles. The van der Waals surface area contributed by atoms with Crippen LogP contribution in [0.15, 0.2) is 24.3 Å². The van der Waals surface area contributed by atoms with E-state index in [1.165, 1.54) is 0 Å². The van der Waals surface area contributed by atoms with Gasteiger partial charge in [-0.15, -0.1) is 0 Å². The Labute approximate surface area is 107 Å². The van der Waals surface area contributed by atoms with Gasteiger partial charge in [-0.3, -0.25) is 0 Å². The van der Waals surface area contributed by atoms with Gasteiger partial charge in [0.05, 0.1) is 12.2 Å². The summed E-state index contributed by atoms with van der Waals surface area (Å²) in [4.78, 5) is 11.4. The molecule has 0 aliphatic heterocycles. The van der Waals surface area contributed by atoms with Crippen LogP contribution in [0.5, 0.6) is 0 Å². The predicted molar refractivity (Wildman–Crippen MR) is 70.7 cm³/mol. The number of esters is 1. The van der Waals surface area contributed by atoms with Crippen molar-refractivity contribution >= 4 is 11.7 Å². The van der Waals surface area contributed by atoms with Gasteiger partial charge in [0.1, 0.15) is 12.7 Å². The Morgan fingerprint density at radius 3 is 2.33 bits per heavy atom. The topological polar surface area (TPSA) is 78.8 Å². The summed E-state index contributed by atoms with van der Waals surface area (Å²) in [7, 11) is 1.78. The lowest BCUT2D eigenvalue weighted by Crippen LogP contribution is -2.21. The third kappa shape index (κ3) is 5.65. The van der Waals surface area contributed by atoms with Crippen LogP contribution in [-0.4, -0.2) is 42.5 Å². The molecule has 0 spiro atoms. The summed E-state index contributed by atoms with van der Waals surface area (Å²) in [5, 5.41) is 20.5. The molecule has 0 aliphatic carbocycles. The molecule has 1 atom stereocenters. The van der Waals surface area contributed by atoms with Gasteiger partial charge in [-0.2, -0.15) is 0 Å². The van der Waals surface area contributed by atoms with Crippen molar-refractivity contribution in [2.75, 3.05) is 25.6 Å². The molecule has 5 nitrogen and oxygen atoms in total.